The van der Waals surface area contributed by atoms with Crippen molar-refractivity contribution < 1.29 is 92.4 Å². The van der Waals surface area contributed by atoms with Crippen molar-refractivity contribution in [2.24, 2.45) is 0 Å². The molecule has 3 aromatic rings. The van der Waals surface area contributed by atoms with Gasteiger partial charge in [-0.2, -0.15) is 0 Å². The van der Waals surface area contributed by atoms with Crippen LogP contribution in [0.1, 0.15) is 175 Å². The maximum atomic E-state index is 5.12. The van der Waals surface area contributed by atoms with Gasteiger partial charge >= 0.3 is 263 Å². The standard InChI is InChI=1S/C34H57N6.3HI.Ti/c1-29(2,3)23-20(24(36-35-23)30(4,5)6)19(21-25(31(7,8)9)37-38-26(21)32(10,11)12)22-27(33(13,14)15)39-40-28(22)34(16,17)18;;;;/h1-18H3,(H,35,36)(H,37,38)(H,39,40);3*1H;/q;;;;+3/p-3. The third kappa shape index (κ3) is 8.39. The zero-order chi connectivity index (χ0) is 31.9. The summed E-state index contributed by atoms with van der Waals surface area (Å²) >= 11 is 2.42. The van der Waals surface area contributed by atoms with E-state index in [-0.39, 0.29) is 104 Å². The first-order valence-electron chi connectivity index (χ1n) is 15.1. The molecular formula is C34H57I3N6Ti. The van der Waals surface area contributed by atoms with Gasteiger partial charge in [-0.1, -0.05) is 0 Å². The fourth-order valence-corrected chi connectivity index (χ4v) is 6.89. The number of nitrogens with zero attached hydrogens (tertiary/aromatic N) is 3. The van der Waals surface area contributed by atoms with E-state index in [1.165, 1.54) is 16.7 Å². The molecule has 3 heterocycles. The molecule has 3 N–H and O–H groups in total. The number of halogens is 3. The van der Waals surface area contributed by atoms with Gasteiger partial charge in [-0.3, -0.25) is 0 Å². The average molecular weight is 978 g/mol. The van der Waals surface area contributed by atoms with Gasteiger partial charge in [-0.25, -0.2) is 0 Å². The van der Waals surface area contributed by atoms with Crippen molar-refractivity contribution in [3.8, 4) is 0 Å². The molecule has 0 saturated heterocycles. The van der Waals surface area contributed by atoms with E-state index < -0.39 is 3.72 Å². The van der Waals surface area contributed by atoms with Crippen LogP contribution in [0.25, 0.3) is 0 Å². The van der Waals surface area contributed by atoms with Gasteiger partial charge in [0.2, 0.25) is 0 Å². The van der Waals surface area contributed by atoms with E-state index in [0.717, 1.165) is 34.2 Å². The summed E-state index contributed by atoms with van der Waals surface area (Å²) in [6, 6.07) is 0. The summed E-state index contributed by atoms with van der Waals surface area (Å²) < 4.78 is -0.630. The van der Waals surface area contributed by atoms with Crippen molar-refractivity contribution >= 4 is 0 Å². The fourth-order valence-electron chi connectivity index (χ4n) is 5.75. The van der Waals surface area contributed by atoms with E-state index >= 15 is 0 Å². The summed E-state index contributed by atoms with van der Waals surface area (Å²) in [7, 11) is 0. The molecule has 0 aromatic carbocycles. The van der Waals surface area contributed by atoms with Crippen LogP contribution in [0.3, 0.4) is 0 Å². The molecule has 0 aliphatic rings. The number of aromatic nitrogens is 6. The number of nitrogens with one attached hydrogen (secondary N) is 3. The molecule has 3 aromatic heterocycles. The largest absolute Gasteiger partial charge is 1.00 e. The molecule has 0 fully saturated rings. The van der Waals surface area contributed by atoms with Crippen molar-refractivity contribution in [2.75, 3.05) is 0 Å². The molecule has 0 saturated carbocycles. The van der Waals surface area contributed by atoms with Gasteiger partial charge in [-0.05, 0) is 0 Å². The zero-order valence-corrected chi connectivity index (χ0v) is 38.5. The molecule has 0 bridgehead atoms. The Bertz CT molecular complexity index is 1140. The average Bonchev–Trinajstić information content (AvgIpc) is 3.46. The molecule has 0 atom stereocenters. The second kappa shape index (κ2) is 13.8. The summed E-state index contributed by atoms with van der Waals surface area (Å²) in [4.78, 5) is 0. The van der Waals surface area contributed by atoms with Gasteiger partial charge in [0.25, 0.3) is 0 Å². The van der Waals surface area contributed by atoms with Crippen LogP contribution in [0.4, 0.5) is 0 Å². The molecule has 3 rings (SSSR count). The second-order valence-electron chi connectivity index (χ2n) is 18.2. The second-order valence-corrected chi connectivity index (χ2v) is 19.4. The predicted octanol–water partition coefficient (Wildman–Crippen LogP) is -0.508. The maximum Gasteiger partial charge on any atom is -1.00 e. The van der Waals surface area contributed by atoms with E-state index in [1.807, 2.05) is 0 Å². The first-order valence-corrected chi connectivity index (χ1v) is 15.9. The quantitative estimate of drug-likeness (QED) is 0.245. The number of rotatable bonds is 3. The van der Waals surface area contributed by atoms with Crippen LogP contribution in [-0.4, -0.2) is 30.6 Å². The van der Waals surface area contributed by atoms with Crippen molar-refractivity contribution in [3.63, 3.8) is 0 Å². The fraction of sp³-hybridized carbons (Fsp3) is 0.735. The van der Waals surface area contributed by atoms with Crippen LogP contribution in [-0.2, 0) is 56.6 Å². The Labute approximate surface area is 331 Å². The van der Waals surface area contributed by atoms with Crippen LogP contribution in [0.5, 0.6) is 0 Å². The van der Waals surface area contributed by atoms with Crippen molar-refractivity contribution in [3.05, 3.63) is 50.9 Å². The van der Waals surface area contributed by atoms with Gasteiger partial charge in [0.1, 0.15) is 0 Å². The van der Waals surface area contributed by atoms with Gasteiger partial charge < -0.3 is 71.9 Å². The van der Waals surface area contributed by atoms with E-state index in [2.05, 4.69) is 160 Å². The predicted molar refractivity (Wildman–Crippen MR) is 168 cm³/mol. The van der Waals surface area contributed by atoms with E-state index in [4.69, 9.17) is 15.3 Å². The number of hydrogen-bond acceptors (Lipinski definition) is 3. The van der Waals surface area contributed by atoms with E-state index in [0.29, 0.717) is 0 Å². The van der Waals surface area contributed by atoms with Crippen molar-refractivity contribution in [1.82, 2.24) is 30.6 Å². The molecule has 0 amide bonds. The Hall–Kier alpha value is 0.534. The molecule has 44 heavy (non-hydrogen) atoms. The molecule has 6 nitrogen and oxygen atoms in total. The Morgan fingerprint density at radius 2 is 0.545 bits per heavy atom. The third-order valence-electron chi connectivity index (χ3n) is 7.81. The summed E-state index contributed by atoms with van der Waals surface area (Å²) in [6.07, 6.45) is 0. The van der Waals surface area contributed by atoms with Gasteiger partial charge in [-0.15, -0.1) is 0 Å². The van der Waals surface area contributed by atoms with Crippen LogP contribution in [0.15, 0.2) is 0 Å². The maximum absolute atomic E-state index is 5.12. The minimum absolute atomic E-state index is 0. The van der Waals surface area contributed by atoms with Gasteiger partial charge in [0.15, 0.2) is 0 Å². The zero-order valence-electron chi connectivity index (χ0n) is 30.5. The smallest absolute Gasteiger partial charge is 1.00 e. The SMILES string of the molecule is CC(C)(C)c1n[nH]c(C(C)(C)C)c1[C]([Ti+3])(c1c(C(C)(C)C)n[nH]c1C(C)(C)C)c1c(C(C)(C)C)n[nH]c1C(C)(C)C.[I-].[I-].[I-]. The first kappa shape index (κ1) is 44.5. The van der Waals surface area contributed by atoms with Crippen LogP contribution in [0, 0.1) is 0 Å². The van der Waals surface area contributed by atoms with Crippen LogP contribution in [0.2, 0.25) is 0 Å². The Kier molecular flexibility index (Phi) is 14.0. The van der Waals surface area contributed by atoms with Gasteiger partial charge in [0.05, 0.1) is 0 Å². The minimum atomic E-state index is -0.630. The first-order chi connectivity index (χ1) is 18.0. The number of aromatic amines is 3. The molecule has 0 aliphatic heterocycles. The van der Waals surface area contributed by atoms with Crippen molar-refractivity contribution in [1.29, 1.82) is 0 Å². The molecule has 0 unspecified atom stereocenters. The Morgan fingerprint density at radius 3 is 0.682 bits per heavy atom. The Morgan fingerprint density at radius 1 is 0.364 bits per heavy atom. The Balaban J connectivity index is 0.00000616. The molecular weight excluding hydrogens is 921 g/mol. The molecule has 10 heteroatoms. The molecule has 0 radical (unpaired) electrons. The summed E-state index contributed by atoms with van der Waals surface area (Å²) in [5.74, 6) is 0. The summed E-state index contributed by atoms with van der Waals surface area (Å²) in [6.45, 7) is 41.0. The van der Waals surface area contributed by atoms with E-state index in [9.17, 15) is 0 Å². The topological polar surface area (TPSA) is 86.0 Å². The summed E-state index contributed by atoms with van der Waals surface area (Å²) in [5, 5.41) is 26.1. The number of hydrogen-bond donors (Lipinski definition) is 3. The summed E-state index contributed by atoms with van der Waals surface area (Å²) in [5.41, 5.74) is 9.37. The molecule has 248 valence electrons. The molecule has 0 aliphatic carbocycles. The van der Waals surface area contributed by atoms with Gasteiger partial charge in [0, 0.05) is 0 Å². The normalized spacial score (nSPS) is 13.7. The monoisotopic (exact) mass is 978 g/mol. The van der Waals surface area contributed by atoms with Crippen molar-refractivity contribution in [2.45, 2.75) is 161 Å². The number of H-pyrrole nitrogens is 3. The third-order valence-corrected chi connectivity index (χ3v) is 8.98. The van der Waals surface area contributed by atoms with E-state index in [1.54, 1.807) is 0 Å². The molecule has 0 spiro atoms. The van der Waals surface area contributed by atoms with Crippen LogP contribution >= 0.6 is 0 Å². The van der Waals surface area contributed by atoms with Crippen LogP contribution < -0.4 is 71.9 Å². The minimum Gasteiger partial charge on any atom is -1.00 e.